The van der Waals surface area contributed by atoms with Gasteiger partial charge < -0.3 is 10.4 Å². The normalized spacial score (nSPS) is 32.2. The first-order valence-corrected chi connectivity index (χ1v) is 5.21. The molecule has 1 aliphatic carbocycles. The molecule has 2 fully saturated rings. The Labute approximate surface area is 78.5 Å². The van der Waals surface area contributed by atoms with Crippen LogP contribution in [0.15, 0.2) is 0 Å². The maximum Gasteiger partial charge on any atom is 0.321 e. The zero-order chi connectivity index (χ0) is 9.31. The second kappa shape index (κ2) is 3.29. The van der Waals surface area contributed by atoms with Crippen LogP contribution in [0.3, 0.4) is 0 Å². The highest BCUT2D eigenvalue weighted by molar-refractivity contribution is 5.75. The van der Waals surface area contributed by atoms with Crippen LogP contribution in [0.2, 0.25) is 0 Å². The van der Waals surface area contributed by atoms with Gasteiger partial charge in [0.05, 0.1) is 0 Å². The fourth-order valence-corrected chi connectivity index (χ4v) is 3.01. The molecule has 1 spiro atoms. The highest BCUT2D eigenvalue weighted by Crippen LogP contribution is 2.46. The van der Waals surface area contributed by atoms with Crippen LogP contribution in [0, 0.1) is 5.41 Å². The molecule has 2 aliphatic rings. The van der Waals surface area contributed by atoms with Gasteiger partial charge in [0.2, 0.25) is 0 Å². The minimum absolute atomic E-state index is 0.101. The van der Waals surface area contributed by atoms with Crippen LogP contribution in [-0.4, -0.2) is 23.7 Å². The zero-order valence-corrected chi connectivity index (χ0v) is 7.88. The fourth-order valence-electron chi connectivity index (χ4n) is 3.01. The van der Waals surface area contributed by atoms with Gasteiger partial charge in [-0.2, -0.15) is 0 Å². The van der Waals surface area contributed by atoms with Crippen LogP contribution in [-0.2, 0) is 4.79 Å². The monoisotopic (exact) mass is 183 g/mol. The molecule has 1 atom stereocenters. The topological polar surface area (TPSA) is 49.3 Å². The number of aliphatic carboxylic acids is 1. The van der Waals surface area contributed by atoms with Crippen LogP contribution in [0.25, 0.3) is 0 Å². The van der Waals surface area contributed by atoms with Crippen molar-refractivity contribution < 1.29 is 9.90 Å². The highest BCUT2D eigenvalue weighted by Gasteiger charge is 2.46. The molecule has 0 aromatic carbocycles. The molecule has 13 heavy (non-hydrogen) atoms. The summed E-state index contributed by atoms with van der Waals surface area (Å²) in [4.78, 5) is 11.1. The van der Waals surface area contributed by atoms with Gasteiger partial charge in [-0.05, 0) is 37.6 Å². The van der Waals surface area contributed by atoms with Crippen molar-refractivity contribution in [3.05, 3.63) is 0 Å². The maximum absolute atomic E-state index is 11.1. The van der Waals surface area contributed by atoms with E-state index in [-0.39, 0.29) is 11.5 Å². The summed E-state index contributed by atoms with van der Waals surface area (Å²) in [6.45, 7) is 0.874. The van der Waals surface area contributed by atoms with E-state index >= 15 is 0 Å². The van der Waals surface area contributed by atoms with Crippen molar-refractivity contribution in [3.63, 3.8) is 0 Å². The molecule has 0 aromatic rings. The van der Waals surface area contributed by atoms with Crippen molar-refractivity contribution in [2.45, 2.75) is 44.6 Å². The molecule has 0 amide bonds. The molecule has 2 N–H and O–H groups in total. The van der Waals surface area contributed by atoms with Gasteiger partial charge in [-0.15, -0.1) is 0 Å². The molecule has 2 rings (SSSR count). The molecule has 1 saturated heterocycles. The molecule has 3 heteroatoms. The lowest BCUT2D eigenvalue weighted by Crippen LogP contribution is -2.53. The Bertz CT molecular complexity index is 209. The van der Waals surface area contributed by atoms with E-state index in [1.54, 1.807) is 0 Å². The molecule has 0 radical (unpaired) electrons. The Morgan fingerprint density at radius 3 is 2.46 bits per heavy atom. The fraction of sp³-hybridized carbons (Fsp3) is 0.900. The number of nitrogens with one attached hydrogen (secondary N) is 1. The second-order valence-electron chi connectivity index (χ2n) is 4.40. The summed E-state index contributed by atoms with van der Waals surface area (Å²) in [6.07, 6.45) is 6.89. The number of carboxylic acids is 1. The number of hydrogen-bond donors (Lipinski definition) is 2. The standard InChI is InChI=1S/C10H17NO2/c12-9(13)8-10(4-1-2-5-10)6-3-7-11-8/h8,11H,1-7H2,(H,12,13). The summed E-state index contributed by atoms with van der Waals surface area (Å²) in [6, 6.07) is -0.274. The number of hydrogen-bond acceptors (Lipinski definition) is 2. The van der Waals surface area contributed by atoms with Gasteiger partial charge in [0.15, 0.2) is 0 Å². The molecule has 1 aliphatic heterocycles. The average molecular weight is 183 g/mol. The quantitative estimate of drug-likeness (QED) is 0.645. The van der Waals surface area contributed by atoms with E-state index in [0.29, 0.717) is 0 Å². The van der Waals surface area contributed by atoms with Gasteiger partial charge in [0, 0.05) is 0 Å². The molecule has 0 bridgehead atoms. The van der Waals surface area contributed by atoms with Gasteiger partial charge in [-0.25, -0.2) is 0 Å². The van der Waals surface area contributed by atoms with Crippen LogP contribution in [0.1, 0.15) is 38.5 Å². The highest BCUT2D eigenvalue weighted by atomic mass is 16.4. The number of carbonyl (C=O) groups is 1. The summed E-state index contributed by atoms with van der Waals surface area (Å²) >= 11 is 0. The first kappa shape index (κ1) is 9.00. The number of carboxylic acid groups (broad SMARTS) is 1. The molecular formula is C10H17NO2. The van der Waals surface area contributed by atoms with Crippen molar-refractivity contribution in [1.29, 1.82) is 0 Å². The lowest BCUT2D eigenvalue weighted by Gasteiger charge is -2.39. The first-order chi connectivity index (χ1) is 6.25. The molecule has 74 valence electrons. The van der Waals surface area contributed by atoms with E-state index in [1.165, 1.54) is 12.8 Å². The maximum atomic E-state index is 11.1. The Balaban J connectivity index is 2.16. The third-order valence-corrected chi connectivity index (χ3v) is 3.66. The zero-order valence-electron chi connectivity index (χ0n) is 7.88. The third-order valence-electron chi connectivity index (χ3n) is 3.66. The smallest absolute Gasteiger partial charge is 0.321 e. The summed E-state index contributed by atoms with van der Waals surface area (Å²) < 4.78 is 0. The van der Waals surface area contributed by atoms with Gasteiger partial charge >= 0.3 is 5.97 Å². The van der Waals surface area contributed by atoms with Crippen molar-refractivity contribution in [1.82, 2.24) is 5.32 Å². The lowest BCUT2D eigenvalue weighted by molar-refractivity contribution is -0.144. The molecule has 1 unspecified atom stereocenters. The van der Waals surface area contributed by atoms with Crippen molar-refractivity contribution in [2.24, 2.45) is 5.41 Å². The lowest BCUT2D eigenvalue weighted by atomic mass is 9.72. The van der Waals surface area contributed by atoms with E-state index < -0.39 is 5.97 Å². The predicted octanol–water partition coefficient (Wildman–Crippen LogP) is 1.38. The average Bonchev–Trinajstić information content (AvgIpc) is 2.54. The van der Waals surface area contributed by atoms with E-state index in [2.05, 4.69) is 5.32 Å². The van der Waals surface area contributed by atoms with Crippen LogP contribution >= 0.6 is 0 Å². The summed E-state index contributed by atoms with van der Waals surface area (Å²) in [5, 5.41) is 12.3. The molecule has 1 heterocycles. The minimum atomic E-state index is -0.651. The summed E-state index contributed by atoms with van der Waals surface area (Å²) in [5.74, 6) is -0.651. The Hall–Kier alpha value is -0.570. The predicted molar refractivity (Wildman–Crippen MR) is 49.6 cm³/mol. The third kappa shape index (κ3) is 1.46. The largest absolute Gasteiger partial charge is 0.480 e. The number of piperidine rings is 1. The minimum Gasteiger partial charge on any atom is -0.480 e. The van der Waals surface area contributed by atoms with E-state index in [1.807, 2.05) is 0 Å². The van der Waals surface area contributed by atoms with Crippen LogP contribution < -0.4 is 5.32 Å². The first-order valence-electron chi connectivity index (χ1n) is 5.21. The molecule has 3 nitrogen and oxygen atoms in total. The SMILES string of the molecule is O=C(O)C1NCCCC12CCCC2. The van der Waals surface area contributed by atoms with Crippen LogP contribution in [0.5, 0.6) is 0 Å². The Morgan fingerprint density at radius 1 is 1.23 bits per heavy atom. The van der Waals surface area contributed by atoms with Gasteiger partial charge in [0.1, 0.15) is 6.04 Å². The van der Waals surface area contributed by atoms with Crippen molar-refractivity contribution in [2.75, 3.05) is 6.54 Å². The Kier molecular flexibility index (Phi) is 2.28. The Morgan fingerprint density at radius 2 is 1.85 bits per heavy atom. The van der Waals surface area contributed by atoms with Crippen LogP contribution in [0.4, 0.5) is 0 Å². The van der Waals surface area contributed by atoms with E-state index in [9.17, 15) is 4.79 Å². The molecular weight excluding hydrogens is 166 g/mol. The molecule has 0 aromatic heterocycles. The van der Waals surface area contributed by atoms with Crippen molar-refractivity contribution >= 4 is 5.97 Å². The van der Waals surface area contributed by atoms with Gasteiger partial charge in [-0.3, -0.25) is 4.79 Å². The van der Waals surface area contributed by atoms with Gasteiger partial charge in [-0.1, -0.05) is 12.8 Å². The summed E-state index contributed by atoms with van der Waals surface area (Å²) in [7, 11) is 0. The molecule has 1 saturated carbocycles. The number of rotatable bonds is 1. The van der Waals surface area contributed by atoms with Crippen molar-refractivity contribution in [3.8, 4) is 0 Å². The second-order valence-corrected chi connectivity index (χ2v) is 4.40. The van der Waals surface area contributed by atoms with E-state index in [4.69, 9.17) is 5.11 Å². The van der Waals surface area contributed by atoms with Gasteiger partial charge in [0.25, 0.3) is 0 Å². The van der Waals surface area contributed by atoms with E-state index in [0.717, 1.165) is 32.2 Å². The summed E-state index contributed by atoms with van der Waals surface area (Å²) in [5.41, 5.74) is 0.101.